The second kappa shape index (κ2) is 10.4. The molecule has 0 bridgehead atoms. The number of methoxy groups -OCH3 is 2. The number of halogens is 1. The summed E-state index contributed by atoms with van der Waals surface area (Å²) in [4.78, 5) is 12.9. The maximum Gasteiger partial charge on any atom is 0.264 e. The van der Waals surface area contributed by atoms with Crippen LogP contribution in [0.3, 0.4) is 0 Å². The van der Waals surface area contributed by atoms with Gasteiger partial charge in [-0.05, 0) is 61.5 Å². The third-order valence-corrected chi connectivity index (χ3v) is 6.82. The Bertz CT molecular complexity index is 1200. The standard InChI is InChI=1S/C24H25FN2O5S/c1-17(22-6-4-5-7-23(22)32-3)26-24(28)16-27(19-10-8-18(25)9-11-19)33(29,30)21-14-12-20(31-2)13-15-21/h4-15,17H,16H2,1-3H3,(H,26,28)/t17-/m1/s1. The van der Waals surface area contributed by atoms with E-state index in [9.17, 15) is 17.6 Å². The fourth-order valence-corrected chi connectivity index (χ4v) is 4.74. The predicted molar refractivity (Wildman–Crippen MR) is 123 cm³/mol. The second-order valence-electron chi connectivity index (χ2n) is 7.19. The highest BCUT2D eigenvalue weighted by atomic mass is 32.2. The number of nitrogens with one attached hydrogen (secondary N) is 1. The number of sulfonamides is 1. The Balaban J connectivity index is 1.89. The average molecular weight is 473 g/mol. The summed E-state index contributed by atoms with van der Waals surface area (Å²) in [6.07, 6.45) is 0. The topological polar surface area (TPSA) is 84.9 Å². The van der Waals surface area contributed by atoms with Crippen molar-refractivity contribution in [2.75, 3.05) is 25.1 Å². The number of para-hydroxylation sites is 1. The zero-order valence-corrected chi connectivity index (χ0v) is 19.3. The predicted octanol–water partition coefficient (Wildman–Crippen LogP) is 3.92. The monoisotopic (exact) mass is 472 g/mol. The van der Waals surface area contributed by atoms with Crippen LogP contribution >= 0.6 is 0 Å². The molecule has 0 aliphatic heterocycles. The van der Waals surface area contributed by atoms with E-state index in [0.29, 0.717) is 11.5 Å². The van der Waals surface area contributed by atoms with Crippen molar-refractivity contribution in [3.8, 4) is 11.5 Å². The summed E-state index contributed by atoms with van der Waals surface area (Å²) in [5.74, 6) is 0.0433. The molecule has 0 radical (unpaired) electrons. The molecule has 0 heterocycles. The number of carbonyl (C=O) groups excluding carboxylic acids is 1. The van der Waals surface area contributed by atoms with Crippen molar-refractivity contribution < 1.29 is 27.1 Å². The highest BCUT2D eigenvalue weighted by Gasteiger charge is 2.28. The summed E-state index contributed by atoms with van der Waals surface area (Å²) in [7, 11) is -1.12. The van der Waals surface area contributed by atoms with Crippen molar-refractivity contribution in [2.24, 2.45) is 0 Å². The van der Waals surface area contributed by atoms with Gasteiger partial charge < -0.3 is 14.8 Å². The molecule has 3 aromatic carbocycles. The van der Waals surface area contributed by atoms with Gasteiger partial charge in [-0.1, -0.05) is 18.2 Å². The highest BCUT2D eigenvalue weighted by molar-refractivity contribution is 7.92. The Hall–Kier alpha value is -3.59. The molecule has 0 unspecified atom stereocenters. The van der Waals surface area contributed by atoms with Gasteiger partial charge in [0.1, 0.15) is 23.9 Å². The molecule has 1 N–H and O–H groups in total. The number of benzene rings is 3. The van der Waals surface area contributed by atoms with Gasteiger partial charge in [0.05, 0.1) is 30.8 Å². The first kappa shape index (κ1) is 24.1. The maximum absolute atomic E-state index is 13.5. The molecule has 0 aliphatic carbocycles. The lowest BCUT2D eigenvalue weighted by atomic mass is 10.1. The molecule has 174 valence electrons. The van der Waals surface area contributed by atoms with Crippen molar-refractivity contribution in [2.45, 2.75) is 17.9 Å². The maximum atomic E-state index is 13.5. The van der Waals surface area contributed by atoms with Crippen molar-refractivity contribution in [3.05, 3.63) is 84.2 Å². The molecule has 1 amide bonds. The lowest BCUT2D eigenvalue weighted by molar-refractivity contribution is -0.120. The number of amides is 1. The van der Waals surface area contributed by atoms with Gasteiger partial charge in [-0.15, -0.1) is 0 Å². The van der Waals surface area contributed by atoms with E-state index in [1.807, 2.05) is 18.2 Å². The molecule has 0 aromatic heterocycles. The van der Waals surface area contributed by atoms with Gasteiger partial charge in [-0.3, -0.25) is 9.10 Å². The van der Waals surface area contributed by atoms with E-state index in [0.717, 1.165) is 22.0 Å². The van der Waals surface area contributed by atoms with Crippen LogP contribution in [-0.4, -0.2) is 35.1 Å². The summed E-state index contributed by atoms with van der Waals surface area (Å²) >= 11 is 0. The fraction of sp³-hybridized carbons (Fsp3) is 0.208. The number of hydrogen-bond donors (Lipinski definition) is 1. The van der Waals surface area contributed by atoms with Crippen molar-refractivity contribution in [3.63, 3.8) is 0 Å². The fourth-order valence-electron chi connectivity index (χ4n) is 3.32. The lowest BCUT2D eigenvalue weighted by Gasteiger charge is -2.25. The minimum absolute atomic E-state index is 0.0294. The molecule has 0 spiro atoms. The van der Waals surface area contributed by atoms with Gasteiger partial charge in [0.25, 0.3) is 10.0 Å². The Kier molecular flexibility index (Phi) is 7.55. The molecule has 0 aliphatic rings. The van der Waals surface area contributed by atoms with Gasteiger partial charge in [0.15, 0.2) is 0 Å². The highest BCUT2D eigenvalue weighted by Crippen LogP contribution is 2.27. The van der Waals surface area contributed by atoms with Crippen molar-refractivity contribution in [1.29, 1.82) is 0 Å². The van der Waals surface area contributed by atoms with Crippen LogP contribution in [0.15, 0.2) is 77.7 Å². The molecule has 33 heavy (non-hydrogen) atoms. The normalized spacial score (nSPS) is 12.0. The number of anilines is 1. The number of hydrogen-bond acceptors (Lipinski definition) is 5. The SMILES string of the molecule is COc1ccc(S(=O)(=O)N(CC(=O)N[C@H](C)c2ccccc2OC)c2ccc(F)cc2)cc1. The Morgan fingerprint density at radius 3 is 2.21 bits per heavy atom. The van der Waals surface area contributed by atoms with Crippen LogP contribution in [0.1, 0.15) is 18.5 Å². The molecule has 0 fully saturated rings. The van der Waals surface area contributed by atoms with E-state index in [-0.39, 0.29) is 10.6 Å². The molecular weight excluding hydrogens is 447 g/mol. The first-order chi connectivity index (χ1) is 15.8. The quantitative estimate of drug-likeness (QED) is 0.510. The molecule has 3 rings (SSSR count). The van der Waals surface area contributed by atoms with Gasteiger partial charge in [-0.2, -0.15) is 0 Å². The van der Waals surface area contributed by atoms with Crippen LogP contribution in [0.5, 0.6) is 11.5 Å². The van der Waals surface area contributed by atoms with E-state index >= 15 is 0 Å². The zero-order chi connectivity index (χ0) is 24.0. The average Bonchev–Trinajstić information content (AvgIpc) is 2.83. The van der Waals surface area contributed by atoms with Gasteiger partial charge >= 0.3 is 0 Å². The smallest absolute Gasteiger partial charge is 0.264 e. The second-order valence-corrected chi connectivity index (χ2v) is 9.06. The minimum atomic E-state index is -4.13. The van der Waals surface area contributed by atoms with E-state index < -0.39 is 34.3 Å². The molecule has 0 saturated heterocycles. The van der Waals surface area contributed by atoms with Crippen LogP contribution in [0.2, 0.25) is 0 Å². The summed E-state index contributed by atoms with van der Waals surface area (Å²) in [5.41, 5.74) is 0.909. The lowest BCUT2D eigenvalue weighted by Crippen LogP contribution is -2.41. The van der Waals surface area contributed by atoms with Crippen molar-refractivity contribution in [1.82, 2.24) is 5.32 Å². The zero-order valence-electron chi connectivity index (χ0n) is 18.5. The van der Waals surface area contributed by atoms with Crippen LogP contribution in [0.4, 0.5) is 10.1 Å². The minimum Gasteiger partial charge on any atom is -0.497 e. The van der Waals surface area contributed by atoms with Crippen LogP contribution in [0.25, 0.3) is 0 Å². The van der Waals surface area contributed by atoms with E-state index in [4.69, 9.17) is 9.47 Å². The number of carbonyl (C=O) groups is 1. The van der Waals surface area contributed by atoms with Crippen LogP contribution in [0, 0.1) is 5.82 Å². The van der Waals surface area contributed by atoms with E-state index in [1.165, 1.54) is 50.6 Å². The summed E-state index contributed by atoms with van der Waals surface area (Å²) < 4.78 is 51.6. The summed E-state index contributed by atoms with van der Waals surface area (Å²) in [6.45, 7) is 1.27. The first-order valence-electron chi connectivity index (χ1n) is 10.1. The number of ether oxygens (including phenoxy) is 2. The van der Waals surface area contributed by atoms with Gasteiger partial charge in [-0.25, -0.2) is 12.8 Å². The summed E-state index contributed by atoms with van der Waals surface area (Å²) in [5, 5.41) is 2.81. The third kappa shape index (κ3) is 5.61. The van der Waals surface area contributed by atoms with Gasteiger partial charge in [0, 0.05) is 5.56 Å². The molecule has 7 nitrogen and oxygen atoms in total. The van der Waals surface area contributed by atoms with Crippen LogP contribution < -0.4 is 19.1 Å². The summed E-state index contributed by atoms with van der Waals surface area (Å²) in [6, 6.07) is 17.5. The Morgan fingerprint density at radius 1 is 0.970 bits per heavy atom. The Morgan fingerprint density at radius 2 is 1.61 bits per heavy atom. The third-order valence-electron chi connectivity index (χ3n) is 5.03. The largest absolute Gasteiger partial charge is 0.497 e. The van der Waals surface area contributed by atoms with Crippen molar-refractivity contribution >= 4 is 21.6 Å². The van der Waals surface area contributed by atoms with E-state index in [2.05, 4.69) is 5.32 Å². The van der Waals surface area contributed by atoms with Crippen LogP contribution in [-0.2, 0) is 14.8 Å². The number of rotatable bonds is 9. The number of nitrogens with zero attached hydrogens (tertiary/aromatic N) is 1. The molecule has 9 heteroatoms. The molecule has 1 atom stereocenters. The van der Waals surface area contributed by atoms with E-state index in [1.54, 1.807) is 13.0 Å². The van der Waals surface area contributed by atoms with Gasteiger partial charge in [0.2, 0.25) is 5.91 Å². The molecular formula is C24H25FN2O5S. The molecule has 3 aromatic rings. The Labute approximate surface area is 192 Å². The first-order valence-corrected chi connectivity index (χ1v) is 11.5. The molecule has 0 saturated carbocycles.